The Balaban J connectivity index is 2.38. The van der Waals surface area contributed by atoms with Crippen molar-refractivity contribution < 1.29 is 4.84 Å². The largest absolute Gasteiger partial charge is 0.304 e. The molecule has 0 bridgehead atoms. The number of para-hydroxylation sites is 1. The molecule has 2 rings (SSSR count). The Morgan fingerprint density at radius 3 is 3.00 bits per heavy atom. The van der Waals surface area contributed by atoms with Gasteiger partial charge in [0.15, 0.2) is 0 Å². The number of benzene rings is 1. The summed E-state index contributed by atoms with van der Waals surface area (Å²) < 4.78 is 0. The molecule has 0 aliphatic rings. The SMILES string of the molecule is CC(CON)c1cnc2ccccc2c1. The summed E-state index contributed by atoms with van der Waals surface area (Å²) in [4.78, 5) is 9.03. The molecule has 3 heteroatoms. The minimum Gasteiger partial charge on any atom is -0.304 e. The highest BCUT2D eigenvalue weighted by Gasteiger charge is 2.06. The van der Waals surface area contributed by atoms with Crippen LogP contribution < -0.4 is 5.90 Å². The Morgan fingerprint density at radius 1 is 1.40 bits per heavy atom. The van der Waals surface area contributed by atoms with E-state index < -0.39 is 0 Å². The van der Waals surface area contributed by atoms with Gasteiger partial charge < -0.3 is 4.84 Å². The lowest BCUT2D eigenvalue weighted by molar-refractivity contribution is 0.126. The summed E-state index contributed by atoms with van der Waals surface area (Å²) in [5.41, 5.74) is 2.17. The Labute approximate surface area is 88.8 Å². The van der Waals surface area contributed by atoms with Gasteiger partial charge in [0.05, 0.1) is 12.1 Å². The first-order valence-electron chi connectivity index (χ1n) is 4.97. The average molecular weight is 202 g/mol. The van der Waals surface area contributed by atoms with Gasteiger partial charge in [-0.15, -0.1) is 0 Å². The molecule has 0 amide bonds. The second-order valence-corrected chi connectivity index (χ2v) is 3.70. The third-order valence-corrected chi connectivity index (χ3v) is 2.53. The van der Waals surface area contributed by atoms with Crippen LogP contribution in [0.4, 0.5) is 0 Å². The standard InChI is InChI=1S/C12H14N2O/c1-9(8-15-13)11-6-10-4-2-3-5-12(10)14-7-11/h2-7,9H,8,13H2,1H3. The van der Waals surface area contributed by atoms with Gasteiger partial charge in [0.1, 0.15) is 0 Å². The first-order chi connectivity index (χ1) is 7.31. The van der Waals surface area contributed by atoms with Gasteiger partial charge in [-0.25, -0.2) is 5.90 Å². The minimum atomic E-state index is 0.270. The predicted molar refractivity (Wildman–Crippen MR) is 60.3 cm³/mol. The molecule has 1 heterocycles. The highest BCUT2D eigenvalue weighted by atomic mass is 16.6. The number of pyridine rings is 1. The molecule has 1 atom stereocenters. The molecular formula is C12H14N2O. The normalized spacial score (nSPS) is 12.9. The minimum absolute atomic E-state index is 0.270. The molecule has 3 nitrogen and oxygen atoms in total. The topological polar surface area (TPSA) is 48.1 Å². The molecular weight excluding hydrogens is 188 g/mol. The summed E-state index contributed by atoms with van der Waals surface area (Å²) in [6.07, 6.45) is 1.88. The lowest BCUT2D eigenvalue weighted by Gasteiger charge is -2.10. The molecule has 0 fully saturated rings. The zero-order valence-corrected chi connectivity index (χ0v) is 8.68. The fourth-order valence-corrected chi connectivity index (χ4v) is 1.60. The second kappa shape index (κ2) is 4.38. The van der Waals surface area contributed by atoms with Gasteiger partial charge in [-0.2, -0.15) is 0 Å². The first kappa shape index (κ1) is 10.1. The van der Waals surface area contributed by atoms with E-state index >= 15 is 0 Å². The summed E-state index contributed by atoms with van der Waals surface area (Å²) >= 11 is 0. The van der Waals surface area contributed by atoms with E-state index in [1.165, 1.54) is 0 Å². The van der Waals surface area contributed by atoms with Crippen molar-refractivity contribution in [1.29, 1.82) is 0 Å². The molecule has 2 N–H and O–H groups in total. The van der Waals surface area contributed by atoms with E-state index in [0.29, 0.717) is 6.61 Å². The van der Waals surface area contributed by atoms with Crippen LogP contribution in [0, 0.1) is 0 Å². The number of nitrogens with two attached hydrogens (primary N) is 1. The molecule has 15 heavy (non-hydrogen) atoms. The zero-order valence-electron chi connectivity index (χ0n) is 8.68. The lowest BCUT2D eigenvalue weighted by Crippen LogP contribution is -2.08. The van der Waals surface area contributed by atoms with E-state index in [4.69, 9.17) is 5.90 Å². The maximum atomic E-state index is 5.06. The monoisotopic (exact) mass is 202 g/mol. The van der Waals surface area contributed by atoms with E-state index in [1.54, 1.807) is 0 Å². The van der Waals surface area contributed by atoms with Crippen molar-refractivity contribution in [1.82, 2.24) is 4.98 Å². The van der Waals surface area contributed by atoms with Gasteiger partial charge >= 0.3 is 0 Å². The van der Waals surface area contributed by atoms with Crippen LogP contribution in [0.25, 0.3) is 10.9 Å². The van der Waals surface area contributed by atoms with Gasteiger partial charge in [0.25, 0.3) is 0 Å². The predicted octanol–water partition coefficient (Wildman–Crippen LogP) is 2.23. The summed E-state index contributed by atoms with van der Waals surface area (Å²) in [6.45, 7) is 2.58. The third kappa shape index (κ3) is 2.14. The molecule has 2 aromatic rings. The zero-order chi connectivity index (χ0) is 10.7. The van der Waals surface area contributed by atoms with Crippen LogP contribution in [-0.4, -0.2) is 11.6 Å². The Hall–Kier alpha value is -1.45. The van der Waals surface area contributed by atoms with Crippen LogP contribution in [0.3, 0.4) is 0 Å². The number of rotatable bonds is 3. The molecule has 1 aromatic carbocycles. The third-order valence-electron chi connectivity index (χ3n) is 2.53. The number of fused-ring (bicyclic) bond motifs is 1. The summed E-state index contributed by atoms with van der Waals surface area (Å²) in [5.74, 6) is 5.33. The van der Waals surface area contributed by atoms with Gasteiger partial charge in [-0.05, 0) is 17.7 Å². The van der Waals surface area contributed by atoms with Gasteiger partial charge in [-0.3, -0.25) is 4.98 Å². The number of aromatic nitrogens is 1. The van der Waals surface area contributed by atoms with E-state index in [-0.39, 0.29) is 5.92 Å². The van der Waals surface area contributed by atoms with Crippen molar-refractivity contribution >= 4 is 10.9 Å². The van der Waals surface area contributed by atoms with Crippen molar-refractivity contribution in [3.63, 3.8) is 0 Å². The van der Waals surface area contributed by atoms with Gasteiger partial charge in [-0.1, -0.05) is 25.1 Å². The molecule has 0 aliphatic carbocycles. The Bertz CT molecular complexity index is 456. The molecule has 0 saturated heterocycles. The smallest absolute Gasteiger partial charge is 0.0745 e. The van der Waals surface area contributed by atoms with E-state index in [2.05, 4.69) is 28.9 Å². The van der Waals surface area contributed by atoms with Crippen LogP contribution in [0.15, 0.2) is 36.5 Å². The molecule has 0 spiro atoms. The van der Waals surface area contributed by atoms with Gasteiger partial charge in [0, 0.05) is 17.5 Å². The maximum absolute atomic E-state index is 5.06. The quantitative estimate of drug-likeness (QED) is 0.776. The highest BCUT2D eigenvalue weighted by molar-refractivity contribution is 5.78. The van der Waals surface area contributed by atoms with Crippen LogP contribution >= 0.6 is 0 Å². The van der Waals surface area contributed by atoms with Crippen LogP contribution in [0.2, 0.25) is 0 Å². The molecule has 1 aromatic heterocycles. The van der Waals surface area contributed by atoms with E-state index in [9.17, 15) is 0 Å². The lowest BCUT2D eigenvalue weighted by atomic mass is 10.0. The highest BCUT2D eigenvalue weighted by Crippen LogP contribution is 2.19. The maximum Gasteiger partial charge on any atom is 0.0745 e. The number of hydrogen-bond donors (Lipinski definition) is 1. The summed E-state index contributed by atoms with van der Waals surface area (Å²) in [7, 11) is 0. The average Bonchev–Trinajstić information content (AvgIpc) is 2.29. The van der Waals surface area contributed by atoms with E-state index in [1.807, 2.05) is 24.4 Å². The Kier molecular flexibility index (Phi) is 2.94. The molecule has 0 aliphatic heterocycles. The summed E-state index contributed by atoms with van der Waals surface area (Å²) in [5, 5.41) is 1.15. The van der Waals surface area contributed by atoms with Crippen LogP contribution in [0.1, 0.15) is 18.4 Å². The van der Waals surface area contributed by atoms with Crippen molar-refractivity contribution in [3.8, 4) is 0 Å². The molecule has 0 radical (unpaired) electrons. The fraction of sp³-hybridized carbons (Fsp3) is 0.250. The van der Waals surface area contributed by atoms with Crippen molar-refractivity contribution in [2.24, 2.45) is 5.90 Å². The van der Waals surface area contributed by atoms with Crippen LogP contribution in [-0.2, 0) is 4.84 Å². The number of nitrogens with zero attached hydrogens (tertiary/aromatic N) is 1. The molecule has 78 valence electrons. The van der Waals surface area contributed by atoms with Crippen molar-refractivity contribution in [3.05, 3.63) is 42.1 Å². The summed E-state index contributed by atoms with van der Waals surface area (Å²) in [6, 6.07) is 10.2. The van der Waals surface area contributed by atoms with Crippen molar-refractivity contribution in [2.75, 3.05) is 6.61 Å². The Morgan fingerprint density at radius 2 is 2.20 bits per heavy atom. The molecule has 0 saturated carbocycles. The van der Waals surface area contributed by atoms with Gasteiger partial charge in [0.2, 0.25) is 0 Å². The fourth-order valence-electron chi connectivity index (χ4n) is 1.60. The van der Waals surface area contributed by atoms with Crippen LogP contribution in [0.5, 0.6) is 0 Å². The second-order valence-electron chi connectivity index (χ2n) is 3.70. The molecule has 1 unspecified atom stereocenters. The van der Waals surface area contributed by atoms with E-state index in [0.717, 1.165) is 16.5 Å². The van der Waals surface area contributed by atoms with Crippen molar-refractivity contribution in [2.45, 2.75) is 12.8 Å². The number of hydrogen-bond acceptors (Lipinski definition) is 3. The first-order valence-corrected chi connectivity index (χ1v) is 4.97.